The first-order valence-electron chi connectivity index (χ1n) is 9.49. The summed E-state index contributed by atoms with van der Waals surface area (Å²) in [5.74, 6) is 0.355. The van der Waals surface area contributed by atoms with Gasteiger partial charge in [0.15, 0.2) is 0 Å². The molecule has 7 nitrogen and oxygen atoms in total. The van der Waals surface area contributed by atoms with E-state index in [9.17, 15) is 9.59 Å². The van der Waals surface area contributed by atoms with Crippen molar-refractivity contribution in [1.82, 2.24) is 10.6 Å². The van der Waals surface area contributed by atoms with E-state index in [2.05, 4.69) is 10.6 Å². The van der Waals surface area contributed by atoms with E-state index >= 15 is 0 Å². The molecule has 28 heavy (non-hydrogen) atoms. The first kappa shape index (κ1) is 22.5. The molecule has 2 N–H and O–H groups in total. The number of hydrogen-bond donors (Lipinski definition) is 2. The number of methoxy groups -OCH3 is 2. The Balaban J connectivity index is 0.00000280. The molecular formula is C20H30ClN3O4. The van der Waals surface area contributed by atoms with Crippen molar-refractivity contribution in [3.8, 4) is 5.75 Å². The molecule has 0 spiro atoms. The summed E-state index contributed by atoms with van der Waals surface area (Å²) in [6, 6.07) is 7.34. The summed E-state index contributed by atoms with van der Waals surface area (Å²) < 4.78 is 10.6. The van der Waals surface area contributed by atoms with Crippen LogP contribution >= 0.6 is 12.4 Å². The number of halogens is 1. The minimum Gasteiger partial charge on any atom is -0.497 e. The lowest BCUT2D eigenvalue weighted by Crippen LogP contribution is -2.48. The minimum atomic E-state index is -0.319. The first-order valence-corrected chi connectivity index (χ1v) is 9.49. The molecule has 3 rings (SSSR count). The molecule has 0 bridgehead atoms. The van der Waals surface area contributed by atoms with E-state index < -0.39 is 0 Å². The van der Waals surface area contributed by atoms with Crippen molar-refractivity contribution in [3.05, 3.63) is 24.3 Å². The van der Waals surface area contributed by atoms with Crippen LogP contribution in [0.15, 0.2) is 24.3 Å². The van der Waals surface area contributed by atoms with Crippen LogP contribution in [0.3, 0.4) is 0 Å². The molecule has 2 aliphatic heterocycles. The van der Waals surface area contributed by atoms with E-state index in [0.717, 1.165) is 37.4 Å². The Morgan fingerprint density at radius 3 is 2.54 bits per heavy atom. The number of carbonyl (C=O) groups is 2. The number of amides is 2. The van der Waals surface area contributed by atoms with Crippen molar-refractivity contribution in [2.45, 2.75) is 19.3 Å². The van der Waals surface area contributed by atoms with E-state index in [-0.39, 0.29) is 42.0 Å². The quantitative estimate of drug-likeness (QED) is 0.712. The molecule has 156 valence electrons. The van der Waals surface area contributed by atoms with Crippen LogP contribution in [0.5, 0.6) is 5.75 Å². The highest BCUT2D eigenvalue weighted by Gasteiger charge is 2.37. The van der Waals surface area contributed by atoms with Crippen LogP contribution in [0.1, 0.15) is 19.3 Å². The van der Waals surface area contributed by atoms with E-state index in [1.165, 1.54) is 0 Å². The standard InChI is InChI=1S/C20H29N3O4.ClH/c1-26-14-20(7-9-21-10-8-20)13-22-19(25)15-11-18(24)23(12-15)16-3-5-17(27-2)6-4-16;/h3-6,15,21H,7-14H2,1-2H3,(H,22,25);1H. The predicted molar refractivity (Wildman–Crippen MR) is 110 cm³/mol. The lowest BCUT2D eigenvalue weighted by molar-refractivity contribution is -0.127. The number of piperidine rings is 1. The third-order valence-electron chi connectivity index (χ3n) is 5.63. The number of hydrogen-bond acceptors (Lipinski definition) is 5. The van der Waals surface area contributed by atoms with Crippen molar-refractivity contribution < 1.29 is 19.1 Å². The molecule has 2 amide bonds. The van der Waals surface area contributed by atoms with Gasteiger partial charge in [-0.3, -0.25) is 9.59 Å². The van der Waals surface area contributed by atoms with Gasteiger partial charge in [-0.25, -0.2) is 0 Å². The van der Waals surface area contributed by atoms with Crippen LogP contribution < -0.4 is 20.3 Å². The lowest BCUT2D eigenvalue weighted by Gasteiger charge is -2.37. The maximum absolute atomic E-state index is 12.7. The molecule has 1 aromatic carbocycles. The van der Waals surface area contributed by atoms with E-state index in [4.69, 9.17) is 9.47 Å². The fourth-order valence-electron chi connectivity index (χ4n) is 3.95. The summed E-state index contributed by atoms with van der Waals surface area (Å²) in [6.07, 6.45) is 2.20. The number of rotatable bonds is 7. The fourth-order valence-corrected chi connectivity index (χ4v) is 3.95. The van der Waals surface area contributed by atoms with Crippen LogP contribution in [0, 0.1) is 11.3 Å². The maximum Gasteiger partial charge on any atom is 0.227 e. The van der Waals surface area contributed by atoms with Gasteiger partial charge in [-0.15, -0.1) is 12.4 Å². The Bertz CT molecular complexity index is 656. The Morgan fingerprint density at radius 1 is 1.25 bits per heavy atom. The number of nitrogens with one attached hydrogen (secondary N) is 2. The second-order valence-electron chi connectivity index (χ2n) is 7.50. The summed E-state index contributed by atoms with van der Waals surface area (Å²) in [4.78, 5) is 26.8. The van der Waals surface area contributed by atoms with Crippen molar-refractivity contribution >= 4 is 29.9 Å². The van der Waals surface area contributed by atoms with Gasteiger partial charge in [0.25, 0.3) is 0 Å². The summed E-state index contributed by atoms with van der Waals surface area (Å²) in [5.41, 5.74) is 0.777. The molecular weight excluding hydrogens is 382 g/mol. The zero-order valence-electron chi connectivity index (χ0n) is 16.5. The largest absolute Gasteiger partial charge is 0.497 e. The fraction of sp³-hybridized carbons (Fsp3) is 0.600. The Hall–Kier alpha value is -1.83. The highest BCUT2D eigenvalue weighted by atomic mass is 35.5. The molecule has 2 heterocycles. The molecule has 0 saturated carbocycles. The SMILES string of the molecule is COCC1(CNC(=O)C2CC(=O)N(c3ccc(OC)cc3)C2)CCNCC1.Cl. The van der Waals surface area contributed by atoms with Gasteiger partial charge < -0.3 is 25.0 Å². The Labute approximate surface area is 172 Å². The average molecular weight is 412 g/mol. The van der Waals surface area contributed by atoms with Gasteiger partial charge in [0.2, 0.25) is 11.8 Å². The summed E-state index contributed by atoms with van der Waals surface area (Å²) in [6.45, 7) is 3.51. The highest BCUT2D eigenvalue weighted by molar-refractivity contribution is 6.00. The van der Waals surface area contributed by atoms with Crippen molar-refractivity contribution in [2.24, 2.45) is 11.3 Å². The number of ether oxygens (including phenoxy) is 2. The predicted octanol–water partition coefficient (Wildman–Crippen LogP) is 1.60. The van der Waals surface area contributed by atoms with Crippen molar-refractivity contribution in [2.75, 3.05) is 51.9 Å². The monoisotopic (exact) mass is 411 g/mol. The van der Waals surface area contributed by atoms with Gasteiger partial charge >= 0.3 is 0 Å². The van der Waals surface area contributed by atoms with E-state index in [0.29, 0.717) is 19.7 Å². The molecule has 0 aromatic heterocycles. The molecule has 1 unspecified atom stereocenters. The number of nitrogens with zero attached hydrogens (tertiary/aromatic N) is 1. The second kappa shape index (κ2) is 10.1. The summed E-state index contributed by atoms with van der Waals surface area (Å²) >= 11 is 0. The minimum absolute atomic E-state index is 0. The smallest absolute Gasteiger partial charge is 0.227 e. The highest BCUT2D eigenvalue weighted by Crippen LogP contribution is 2.30. The molecule has 1 atom stereocenters. The van der Waals surface area contributed by atoms with Crippen molar-refractivity contribution in [3.63, 3.8) is 0 Å². The second-order valence-corrected chi connectivity index (χ2v) is 7.50. The maximum atomic E-state index is 12.7. The van der Waals surface area contributed by atoms with Gasteiger partial charge in [-0.1, -0.05) is 0 Å². The number of anilines is 1. The van der Waals surface area contributed by atoms with Crippen LogP contribution in [-0.4, -0.2) is 58.8 Å². The summed E-state index contributed by atoms with van der Waals surface area (Å²) in [5, 5.41) is 6.44. The Kier molecular flexibility index (Phi) is 8.10. The molecule has 1 aromatic rings. The third kappa shape index (κ3) is 5.16. The molecule has 8 heteroatoms. The molecule has 0 aliphatic carbocycles. The zero-order valence-corrected chi connectivity index (χ0v) is 17.3. The zero-order chi connectivity index (χ0) is 19.3. The van der Waals surface area contributed by atoms with Crippen LogP contribution in [-0.2, 0) is 14.3 Å². The third-order valence-corrected chi connectivity index (χ3v) is 5.63. The normalized spacial score (nSPS) is 21.1. The molecule has 0 radical (unpaired) electrons. The number of benzene rings is 1. The van der Waals surface area contributed by atoms with Crippen LogP contribution in [0.25, 0.3) is 0 Å². The molecule has 2 aliphatic rings. The average Bonchev–Trinajstić information content (AvgIpc) is 3.09. The summed E-state index contributed by atoms with van der Waals surface area (Å²) in [7, 11) is 3.31. The van der Waals surface area contributed by atoms with Gasteiger partial charge in [0, 0.05) is 37.7 Å². The van der Waals surface area contributed by atoms with E-state index in [1.807, 2.05) is 24.3 Å². The first-order chi connectivity index (χ1) is 13.1. The van der Waals surface area contributed by atoms with Crippen molar-refractivity contribution in [1.29, 1.82) is 0 Å². The van der Waals surface area contributed by atoms with E-state index in [1.54, 1.807) is 19.1 Å². The topological polar surface area (TPSA) is 79.9 Å². The molecule has 2 saturated heterocycles. The van der Waals surface area contributed by atoms with Gasteiger partial charge in [-0.2, -0.15) is 0 Å². The van der Waals surface area contributed by atoms with Crippen LogP contribution in [0.2, 0.25) is 0 Å². The Morgan fingerprint density at radius 2 is 1.93 bits per heavy atom. The van der Waals surface area contributed by atoms with Gasteiger partial charge in [0.1, 0.15) is 5.75 Å². The van der Waals surface area contributed by atoms with Gasteiger partial charge in [0.05, 0.1) is 19.6 Å². The number of carbonyl (C=O) groups excluding carboxylic acids is 2. The lowest BCUT2D eigenvalue weighted by atomic mass is 9.79. The molecule has 2 fully saturated rings. The van der Waals surface area contributed by atoms with Crippen LogP contribution in [0.4, 0.5) is 5.69 Å². The van der Waals surface area contributed by atoms with Gasteiger partial charge in [-0.05, 0) is 50.2 Å².